The Kier molecular flexibility index (Phi) is 6.71. The first-order valence-electron chi connectivity index (χ1n) is 11.3. The Labute approximate surface area is 201 Å². The average molecular weight is 485 g/mol. The van der Waals surface area contributed by atoms with Crippen LogP contribution in [0.3, 0.4) is 0 Å². The third kappa shape index (κ3) is 5.40. The molecule has 0 aliphatic carbocycles. The van der Waals surface area contributed by atoms with Crippen molar-refractivity contribution in [1.82, 2.24) is 9.88 Å². The standard InChI is InChI=1S/C26H27F3N4O2/c1-16-5-4-6-18(11-16)19-7-8-23(33-10-9-32(3)17(2)15-33)22(12-19)31-25(35)20-14-30-24(34)13-21(20)26(27,28)29/h4-8,11-14,17H,9-10,15H2,1-3H3,(H,30,34)(H,31,35)/t17-/m0/s1. The summed E-state index contributed by atoms with van der Waals surface area (Å²) in [5.41, 5.74) is 1.11. The van der Waals surface area contributed by atoms with Gasteiger partial charge in [-0.25, -0.2) is 0 Å². The summed E-state index contributed by atoms with van der Waals surface area (Å²) in [4.78, 5) is 31.1. The fourth-order valence-corrected chi connectivity index (χ4v) is 4.27. The predicted octanol–water partition coefficient (Wildman–Crippen LogP) is 4.76. The number of pyridine rings is 1. The van der Waals surface area contributed by atoms with E-state index in [9.17, 15) is 22.8 Å². The summed E-state index contributed by atoms with van der Waals surface area (Å²) in [7, 11) is 2.04. The van der Waals surface area contributed by atoms with Crippen molar-refractivity contribution < 1.29 is 18.0 Å². The normalized spacial score (nSPS) is 16.9. The number of benzene rings is 2. The Morgan fingerprint density at radius 3 is 2.51 bits per heavy atom. The highest BCUT2D eigenvalue weighted by Crippen LogP contribution is 2.35. The van der Waals surface area contributed by atoms with Gasteiger partial charge in [-0.3, -0.25) is 9.59 Å². The van der Waals surface area contributed by atoms with Crippen molar-refractivity contribution in [1.29, 1.82) is 0 Å². The Bertz CT molecular complexity index is 1300. The molecule has 1 atom stereocenters. The van der Waals surface area contributed by atoms with Crippen LogP contribution in [-0.2, 0) is 6.18 Å². The van der Waals surface area contributed by atoms with Gasteiger partial charge in [0.2, 0.25) is 5.56 Å². The predicted molar refractivity (Wildman–Crippen MR) is 131 cm³/mol. The first-order chi connectivity index (χ1) is 16.5. The molecule has 1 fully saturated rings. The molecule has 0 spiro atoms. The van der Waals surface area contributed by atoms with Crippen molar-refractivity contribution in [3.63, 3.8) is 0 Å². The number of amides is 1. The molecule has 1 aliphatic rings. The molecule has 35 heavy (non-hydrogen) atoms. The largest absolute Gasteiger partial charge is 0.417 e. The molecular weight excluding hydrogens is 457 g/mol. The summed E-state index contributed by atoms with van der Waals surface area (Å²) >= 11 is 0. The summed E-state index contributed by atoms with van der Waals surface area (Å²) in [5.74, 6) is -0.946. The smallest absolute Gasteiger partial charge is 0.367 e. The Hall–Kier alpha value is -3.59. The molecule has 6 nitrogen and oxygen atoms in total. The maximum absolute atomic E-state index is 13.6. The van der Waals surface area contributed by atoms with Gasteiger partial charge in [-0.15, -0.1) is 0 Å². The van der Waals surface area contributed by atoms with E-state index in [-0.39, 0.29) is 6.04 Å². The number of piperazine rings is 1. The van der Waals surface area contributed by atoms with Gasteiger partial charge in [0.25, 0.3) is 5.91 Å². The van der Waals surface area contributed by atoms with Crippen LogP contribution in [0.2, 0.25) is 0 Å². The van der Waals surface area contributed by atoms with Gasteiger partial charge in [-0.2, -0.15) is 13.2 Å². The van der Waals surface area contributed by atoms with Crippen molar-refractivity contribution in [2.45, 2.75) is 26.1 Å². The minimum absolute atomic E-state index is 0.264. The average Bonchev–Trinajstić information content (AvgIpc) is 2.80. The molecule has 2 heterocycles. The molecule has 3 aromatic rings. The number of hydrogen-bond donors (Lipinski definition) is 2. The van der Waals surface area contributed by atoms with Crippen LogP contribution in [-0.4, -0.2) is 48.5 Å². The second-order valence-electron chi connectivity index (χ2n) is 8.95. The number of hydrogen-bond acceptors (Lipinski definition) is 4. The molecule has 0 bridgehead atoms. The number of aromatic amines is 1. The number of alkyl halides is 3. The summed E-state index contributed by atoms with van der Waals surface area (Å²) < 4.78 is 40.7. The van der Waals surface area contributed by atoms with E-state index in [0.717, 1.165) is 35.1 Å². The molecule has 9 heteroatoms. The topological polar surface area (TPSA) is 68.4 Å². The molecule has 0 unspecified atom stereocenters. The highest BCUT2D eigenvalue weighted by Gasteiger charge is 2.36. The van der Waals surface area contributed by atoms with Crippen molar-refractivity contribution in [2.24, 2.45) is 0 Å². The van der Waals surface area contributed by atoms with E-state index in [4.69, 9.17) is 0 Å². The number of halogens is 3. The van der Waals surface area contributed by atoms with Gasteiger partial charge in [-0.05, 0) is 44.2 Å². The number of aromatic nitrogens is 1. The van der Waals surface area contributed by atoms with E-state index in [0.29, 0.717) is 24.8 Å². The van der Waals surface area contributed by atoms with E-state index in [1.54, 1.807) is 6.07 Å². The van der Waals surface area contributed by atoms with Crippen LogP contribution in [0.4, 0.5) is 24.5 Å². The second-order valence-corrected chi connectivity index (χ2v) is 8.95. The summed E-state index contributed by atoms with van der Waals surface area (Å²) in [6.45, 7) is 6.30. The number of carbonyl (C=O) groups is 1. The van der Waals surface area contributed by atoms with Crippen molar-refractivity contribution >= 4 is 17.3 Å². The van der Waals surface area contributed by atoms with Crippen LogP contribution in [0.15, 0.2) is 59.5 Å². The molecular formula is C26H27F3N4O2. The van der Waals surface area contributed by atoms with Crippen LogP contribution >= 0.6 is 0 Å². The van der Waals surface area contributed by atoms with Crippen LogP contribution in [0, 0.1) is 6.92 Å². The number of nitrogens with zero attached hydrogens (tertiary/aromatic N) is 2. The number of carbonyl (C=O) groups excluding carboxylic acids is 1. The van der Waals surface area contributed by atoms with Crippen molar-refractivity contribution in [3.8, 4) is 11.1 Å². The molecule has 184 valence electrons. The number of H-pyrrole nitrogens is 1. The second kappa shape index (κ2) is 9.58. The third-order valence-corrected chi connectivity index (χ3v) is 6.37. The van der Waals surface area contributed by atoms with E-state index in [1.165, 1.54) is 0 Å². The lowest BCUT2D eigenvalue weighted by Crippen LogP contribution is -2.50. The fraction of sp³-hybridized carbons (Fsp3) is 0.308. The number of nitrogens with one attached hydrogen (secondary N) is 2. The first-order valence-corrected chi connectivity index (χ1v) is 11.3. The van der Waals surface area contributed by atoms with E-state index < -0.39 is 28.8 Å². The van der Waals surface area contributed by atoms with Crippen LogP contribution < -0.4 is 15.8 Å². The van der Waals surface area contributed by atoms with Crippen molar-refractivity contribution in [2.75, 3.05) is 36.9 Å². The Morgan fingerprint density at radius 1 is 1.09 bits per heavy atom. The molecule has 1 amide bonds. The van der Waals surface area contributed by atoms with Crippen LogP contribution in [0.25, 0.3) is 11.1 Å². The SMILES string of the molecule is Cc1cccc(-c2ccc(N3CCN(C)[C@@H](C)C3)c(NC(=O)c3c[nH]c(=O)cc3C(F)(F)F)c2)c1. The number of rotatable bonds is 4. The highest BCUT2D eigenvalue weighted by molar-refractivity contribution is 6.07. The molecule has 1 aromatic heterocycles. The number of anilines is 2. The minimum Gasteiger partial charge on any atom is -0.367 e. The summed E-state index contributed by atoms with van der Waals surface area (Å²) in [6, 6.07) is 14.1. The third-order valence-electron chi connectivity index (χ3n) is 6.37. The van der Waals surface area contributed by atoms with Crippen LogP contribution in [0.5, 0.6) is 0 Å². The zero-order chi connectivity index (χ0) is 25.3. The molecule has 1 saturated heterocycles. The lowest BCUT2D eigenvalue weighted by atomic mass is 10.0. The maximum atomic E-state index is 13.6. The summed E-state index contributed by atoms with van der Waals surface area (Å²) in [5, 5.41) is 2.69. The Morgan fingerprint density at radius 2 is 1.83 bits per heavy atom. The van der Waals surface area contributed by atoms with Gasteiger partial charge in [0.1, 0.15) is 0 Å². The maximum Gasteiger partial charge on any atom is 0.417 e. The zero-order valence-corrected chi connectivity index (χ0v) is 19.7. The van der Waals surface area contributed by atoms with E-state index >= 15 is 0 Å². The number of aryl methyl sites for hydroxylation is 1. The van der Waals surface area contributed by atoms with Gasteiger partial charge in [0.15, 0.2) is 0 Å². The van der Waals surface area contributed by atoms with E-state index in [1.807, 2.05) is 50.4 Å². The summed E-state index contributed by atoms with van der Waals surface area (Å²) in [6.07, 6.45) is -4.04. The number of likely N-dealkylation sites (N-methyl/N-ethyl adjacent to an activating group) is 1. The highest BCUT2D eigenvalue weighted by atomic mass is 19.4. The lowest BCUT2D eigenvalue weighted by molar-refractivity contribution is -0.138. The first kappa shape index (κ1) is 24.5. The zero-order valence-electron chi connectivity index (χ0n) is 19.7. The van der Waals surface area contributed by atoms with Gasteiger partial charge in [0, 0.05) is 37.9 Å². The van der Waals surface area contributed by atoms with Gasteiger partial charge in [-0.1, -0.05) is 35.9 Å². The van der Waals surface area contributed by atoms with Crippen LogP contribution in [0.1, 0.15) is 28.4 Å². The lowest BCUT2D eigenvalue weighted by Gasteiger charge is -2.39. The monoisotopic (exact) mass is 484 g/mol. The van der Waals surface area contributed by atoms with Gasteiger partial charge in [0.05, 0.1) is 22.5 Å². The van der Waals surface area contributed by atoms with E-state index in [2.05, 4.69) is 27.0 Å². The molecule has 2 N–H and O–H groups in total. The molecule has 4 rings (SSSR count). The molecule has 2 aromatic carbocycles. The fourth-order valence-electron chi connectivity index (χ4n) is 4.27. The molecule has 1 aliphatic heterocycles. The quantitative estimate of drug-likeness (QED) is 0.560. The molecule has 0 radical (unpaired) electrons. The van der Waals surface area contributed by atoms with Crippen molar-refractivity contribution in [3.05, 3.63) is 81.8 Å². The molecule has 0 saturated carbocycles. The Balaban J connectivity index is 1.76. The minimum atomic E-state index is -4.85. The van der Waals surface area contributed by atoms with Gasteiger partial charge >= 0.3 is 6.18 Å². The van der Waals surface area contributed by atoms with Gasteiger partial charge < -0.3 is 20.1 Å².